The molecule has 16 heavy (non-hydrogen) atoms. The van der Waals surface area contributed by atoms with Crippen molar-refractivity contribution in [1.82, 2.24) is 0 Å². The minimum absolute atomic E-state index is 0.226. The maximum atomic E-state index is 13.2. The Morgan fingerprint density at radius 1 is 1.06 bits per heavy atom. The van der Waals surface area contributed by atoms with Crippen molar-refractivity contribution >= 4 is 17.4 Å². The zero-order chi connectivity index (χ0) is 11.4. The number of thioether (sulfide) groups is 1. The van der Waals surface area contributed by atoms with Crippen molar-refractivity contribution in [3.05, 3.63) is 24.0 Å². The van der Waals surface area contributed by atoms with Crippen LogP contribution in [0.4, 0.5) is 10.1 Å². The average Bonchev–Trinajstić information content (AvgIpc) is 2.44. The van der Waals surface area contributed by atoms with Gasteiger partial charge in [-0.3, -0.25) is 0 Å². The molecule has 0 spiro atoms. The summed E-state index contributed by atoms with van der Waals surface area (Å²) in [5, 5.41) is 0.642. The summed E-state index contributed by atoms with van der Waals surface area (Å²) in [4.78, 5) is 0.976. The largest absolute Gasteiger partial charge is 0.399 e. The highest BCUT2D eigenvalue weighted by molar-refractivity contribution is 8.00. The van der Waals surface area contributed by atoms with Crippen LogP contribution in [0.25, 0.3) is 0 Å². The summed E-state index contributed by atoms with van der Waals surface area (Å²) in [5.41, 5.74) is 6.17. The molecule has 2 N–H and O–H groups in total. The summed E-state index contributed by atoms with van der Waals surface area (Å²) in [5.74, 6) is -0.226. The normalized spacial score (nSPS) is 18.3. The first-order valence-electron chi connectivity index (χ1n) is 5.97. The Labute approximate surface area is 101 Å². The summed E-state index contributed by atoms with van der Waals surface area (Å²) in [7, 11) is 0. The van der Waals surface area contributed by atoms with Gasteiger partial charge < -0.3 is 5.73 Å². The SMILES string of the molecule is Nc1cc(F)cc(SC2CCCCCC2)c1. The summed E-state index contributed by atoms with van der Waals surface area (Å²) in [6.07, 6.45) is 7.82. The van der Waals surface area contributed by atoms with Crippen molar-refractivity contribution in [1.29, 1.82) is 0 Å². The standard InChI is InChI=1S/C13H18FNS/c14-10-7-11(15)9-13(8-10)16-12-5-3-1-2-4-6-12/h7-9,12H,1-6,15H2. The molecule has 0 unspecified atom stereocenters. The molecule has 1 fully saturated rings. The topological polar surface area (TPSA) is 26.0 Å². The summed E-state index contributed by atoms with van der Waals surface area (Å²) < 4.78 is 13.2. The first kappa shape index (κ1) is 11.8. The lowest BCUT2D eigenvalue weighted by Gasteiger charge is -2.13. The van der Waals surface area contributed by atoms with Crippen LogP contribution in [0.3, 0.4) is 0 Å². The van der Waals surface area contributed by atoms with Crippen LogP contribution in [-0.2, 0) is 0 Å². The van der Waals surface area contributed by atoms with Crippen molar-refractivity contribution in [2.45, 2.75) is 48.7 Å². The Balaban J connectivity index is 2.01. The van der Waals surface area contributed by atoms with Gasteiger partial charge in [0.05, 0.1) is 0 Å². The number of rotatable bonds is 2. The molecule has 0 aromatic heterocycles. The fraction of sp³-hybridized carbons (Fsp3) is 0.538. The minimum atomic E-state index is -0.226. The van der Waals surface area contributed by atoms with E-state index in [4.69, 9.17) is 5.73 Å². The lowest BCUT2D eigenvalue weighted by molar-refractivity contribution is 0.624. The van der Waals surface area contributed by atoms with E-state index in [9.17, 15) is 4.39 Å². The van der Waals surface area contributed by atoms with Crippen molar-refractivity contribution in [3.63, 3.8) is 0 Å². The van der Waals surface area contributed by atoms with Gasteiger partial charge >= 0.3 is 0 Å². The number of benzene rings is 1. The second kappa shape index (κ2) is 5.58. The average molecular weight is 239 g/mol. The van der Waals surface area contributed by atoms with Crippen LogP contribution in [0.15, 0.2) is 23.1 Å². The molecule has 1 aromatic carbocycles. The molecule has 1 nitrogen and oxygen atoms in total. The smallest absolute Gasteiger partial charge is 0.126 e. The van der Waals surface area contributed by atoms with Crippen LogP contribution in [0.2, 0.25) is 0 Å². The van der Waals surface area contributed by atoms with Crippen LogP contribution < -0.4 is 5.73 Å². The molecule has 0 aliphatic heterocycles. The van der Waals surface area contributed by atoms with Gasteiger partial charge in [0.2, 0.25) is 0 Å². The van der Waals surface area contributed by atoms with Gasteiger partial charge in [0.15, 0.2) is 0 Å². The number of hydrogen-bond acceptors (Lipinski definition) is 2. The summed E-state index contributed by atoms with van der Waals surface area (Å²) >= 11 is 1.79. The van der Waals surface area contributed by atoms with E-state index in [1.807, 2.05) is 6.07 Å². The molecular formula is C13H18FNS. The molecule has 2 rings (SSSR count). The monoisotopic (exact) mass is 239 g/mol. The predicted molar refractivity (Wildman–Crippen MR) is 68.2 cm³/mol. The van der Waals surface area contributed by atoms with Gasteiger partial charge in [0, 0.05) is 15.8 Å². The molecule has 0 radical (unpaired) electrons. The molecule has 0 heterocycles. The number of halogens is 1. The Morgan fingerprint density at radius 2 is 1.75 bits per heavy atom. The number of nitrogens with two attached hydrogens (primary N) is 1. The quantitative estimate of drug-likeness (QED) is 0.617. The molecule has 0 atom stereocenters. The van der Waals surface area contributed by atoms with Crippen molar-refractivity contribution in [2.24, 2.45) is 0 Å². The highest BCUT2D eigenvalue weighted by Crippen LogP contribution is 2.33. The second-order valence-electron chi connectivity index (χ2n) is 4.45. The van der Waals surface area contributed by atoms with E-state index in [2.05, 4.69) is 0 Å². The van der Waals surface area contributed by atoms with Gasteiger partial charge in [-0.15, -0.1) is 11.8 Å². The van der Waals surface area contributed by atoms with Crippen LogP contribution in [0, 0.1) is 5.82 Å². The second-order valence-corrected chi connectivity index (χ2v) is 5.83. The highest BCUT2D eigenvalue weighted by Gasteiger charge is 2.14. The maximum absolute atomic E-state index is 13.2. The van der Waals surface area contributed by atoms with Crippen molar-refractivity contribution in [2.75, 3.05) is 5.73 Å². The van der Waals surface area contributed by atoms with Gasteiger partial charge in [0.1, 0.15) is 5.82 Å². The van der Waals surface area contributed by atoms with Gasteiger partial charge in [-0.2, -0.15) is 0 Å². The van der Waals surface area contributed by atoms with Crippen molar-refractivity contribution in [3.8, 4) is 0 Å². The van der Waals surface area contributed by atoms with E-state index in [0.717, 1.165) is 4.90 Å². The maximum Gasteiger partial charge on any atom is 0.126 e. The molecule has 1 aliphatic rings. The van der Waals surface area contributed by atoms with E-state index >= 15 is 0 Å². The lowest BCUT2D eigenvalue weighted by atomic mass is 10.2. The Kier molecular flexibility index (Phi) is 4.10. The third-order valence-electron chi connectivity index (χ3n) is 3.00. The molecule has 88 valence electrons. The van der Waals surface area contributed by atoms with E-state index in [0.29, 0.717) is 10.9 Å². The zero-order valence-electron chi connectivity index (χ0n) is 9.42. The highest BCUT2D eigenvalue weighted by atomic mass is 32.2. The predicted octanol–water partition coefficient (Wildman–Crippen LogP) is 4.22. The van der Waals surface area contributed by atoms with E-state index in [1.54, 1.807) is 17.8 Å². The molecule has 0 amide bonds. The molecule has 1 saturated carbocycles. The molecule has 0 bridgehead atoms. The summed E-state index contributed by atoms with van der Waals surface area (Å²) in [6.45, 7) is 0. The zero-order valence-corrected chi connectivity index (χ0v) is 10.2. The third kappa shape index (κ3) is 3.41. The fourth-order valence-electron chi connectivity index (χ4n) is 2.20. The van der Waals surface area contributed by atoms with Gasteiger partial charge in [-0.25, -0.2) is 4.39 Å². The number of anilines is 1. The van der Waals surface area contributed by atoms with Crippen LogP contribution in [0.1, 0.15) is 38.5 Å². The first-order chi connectivity index (χ1) is 7.74. The van der Waals surface area contributed by atoms with Crippen LogP contribution >= 0.6 is 11.8 Å². The Morgan fingerprint density at radius 3 is 2.38 bits per heavy atom. The first-order valence-corrected chi connectivity index (χ1v) is 6.85. The van der Waals surface area contributed by atoms with Crippen LogP contribution in [0.5, 0.6) is 0 Å². The fourth-order valence-corrected chi connectivity index (χ4v) is 3.54. The molecule has 0 saturated heterocycles. The lowest BCUT2D eigenvalue weighted by Crippen LogP contribution is -2.00. The molecule has 3 heteroatoms. The number of hydrogen-bond donors (Lipinski definition) is 1. The van der Waals surface area contributed by atoms with E-state index < -0.39 is 0 Å². The van der Waals surface area contributed by atoms with Gasteiger partial charge in [-0.1, -0.05) is 25.7 Å². The molecule has 1 aliphatic carbocycles. The molecular weight excluding hydrogens is 221 g/mol. The Bertz CT molecular complexity index is 326. The van der Waals surface area contributed by atoms with Gasteiger partial charge in [0.25, 0.3) is 0 Å². The summed E-state index contributed by atoms with van der Waals surface area (Å²) in [6, 6.07) is 4.84. The third-order valence-corrected chi connectivity index (χ3v) is 4.31. The van der Waals surface area contributed by atoms with Crippen molar-refractivity contribution < 1.29 is 4.39 Å². The van der Waals surface area contributed by atoms with Crippen LogP contribution in [-0.4, -0.2) is 5.25 Å². The minimum Gasteiger partial charge on any atom is -0.399 e. The molecule has 1 aromatic rings. The van der Waals surface area contributed by atoms with E-state index in [1.165, 1.54) is 44.6 Å². The Hall–Kier alpha value is -0.700. The van der Waals surface area contributed by atoms with Gasteiger partial charge in [-0.05, 0) is 31.0 Å². The van der Waals surface area contributed by atoms with E-state index in [-0.39, 0.29) is 5.82 Å². The number of nitrogen functional groups attached to an aromatic ring is 1.